The molecule has 0 spiro atoms. The van der Waals surface area contributed by atoms with Crippen LogP contribution < -0.4 is 0 Å². The van der Waals surface area contributed by atoms with Gasteiger partial charge in [-0.2, -0.15) is 0 Å². The maximum atomic E-state index is 8.88. The third kappa shape index (κ3) is 1.85. The highest BCUT2D eigenvalue weighted by atomic mass is 79.9. The molecule has 1 N–H and O–H groups in total. The quantitative estimate of drug-likeness (QED) is 0.677. The van der Waals surface area contributed by atoms with Gasteiger partial charge >= 0.3 is 0 Å². The van der Waals surface area contributed by atoms with Crippen LogP contribution in [0.3, 0.4) is 0 Å². The number of halogens is 1. The van der Waals surface area contributed by atoms with E-state index >= 15 is 0 Å². The van der Waals surface area contributed by atoms with Crippen molar-refractivity contribution in [2.75, 3.05) is 0 Å². The monoisotopic (exact) mass is 196 g/mol. The fourth-order valence-corrected chi connectivity index (χ4v) is 0.924. The minimum atomic E-state index is -0.867. The van der Waals surface area contributed by atoms with Crippen molar-refractivity contribution in [2.24, 2.45) is 0 Å². The molecule has 0 aliphatic rings. The number of benzene rings is 1. The standard InChI is InChI=1S/C7H6BBrO/c8-7(10)5-1-3-6(9)4-2-5/h1-4,7,10H. The summed E-state index contributed by atoms with van der Waals surface area (Å²) in [7, 11) is 5.20. The normalized spacial score (nSPS) is 13.0. The van der Waals surface area contributed by atoms with Gasteiger partial charge in [-0.05, 0) is 17.7 Å². The van der Waals surface area contributed by atoms with E-state index in [1.54, 1.807) is 12.1 Å². The fraction of sp³-hybridized carbons (Fsp3) is 0.143. The largest absolute Gasteiger partial charge is 0.398 e. The van der Waals surface area contributed by atoms with Crippen molar-refractivity contribution >= 4 is 23.8 Å². The zero-order valence-corrected chi connectivity index (χ0v) is 6.88. The summed E-state index contributed by atoms with van der Waals surface area (Å²) < 4.78 is 0.983. The van der Waals surface area contributed by atoms with E-state index in [1.807, 2.05) is 12.1 Å². The Hall–Kier alpha value is -0.275. The Labute approximate surface area is 69.6 Å². The minimum Gasteiger partial charge on any atom is -0.398 e. The molecule has 1 rings (SSSR count). The molecule has 0 bridgehead atoms. The number of hydrogen-bond donors (Lipinski definition) is 1. The summed E-state index contributed by atoms with van der Waals surface area (Å²) in [5.74, 6) is 0. The number of rotatable bonds is 1. The summed E-state index contributed by atoms with van der Waals surface area (Å²) in [5, 5.41) is 8.88. The van der Waals surface area contributed by atoms with E-state index in [0.717, 1.165) is 10.0 Å². The first-order valence-corrected chi connectivity index (χ1v) is 3.68. The predicted molar refractivity (Wildman–Crippen MR) is 44.9 cm³/mol. The van der Waals surface area contributed by atoms with Crippen LogP contribution in [-0.2, 0) is 0 Å². The molecule has 0 amide bonds. The van der Waals surface area contributed by atoms with Crippen molar-refractivity contribution < 1.29 is 5.11 Å². The van der Waals surface area contributed by atoms with Gasteiger partial charge in [0.05, 0.1) is 0 Å². The first-order chi connectivity index (χ1) is 4.70. The van der Waals surface area contributed by atoms with E-state index in [2.05, 4.69) is 15.9 Å². The van der Waals surface area contributed by atoms with Crippen LogP contribution in [0.25, 0.3) is 0 Å². The molecule has 0 heterocycles. The fourth-order valence-electron chi connectivity index (χ4n) is 0.660. The zero-order valence-electron chi connectivity index (χ0n) is 5.29. The SMILES string of the molecule is [B]C(O)c1ccc(Br)cc1. The molecule has 1 unspecified atom stereocenters. The zero-order chi connectivity index (χ0) is 7.56. The van der Waals surface area contributed by atoms with Gasteiger partial charge in [-0.15, -0.1) is 0 Å². The van der Waals surface area contributed by atoms with Crippen molar-refractivity contribution in [1.82, 2.24) is 0 Å². The average molecular weight is 197 g/mol. The number of aliphatic hydroxyl groups excluding tert-OH is 1. The smallest absolute Gasteiger partial charge is 0.115 e. The lowest BCUT2D eigenvalue weighted by Crippen LogP contribution is -1.94. The molecule has 10 heavy (non-hydrogen) atoms. The van der Waals surface area contributed by atoms with Crippen molar-refractivity contribution in [3.05, 3.63) is 34.3 Å². The topological polar surface area (TPSA) is 20.2 Å². The molecular weight excluding hydrogens is 191 g/mol. The Kier molecular flexibility index (Phi) is 2.52. The van der Waals surface area contributed by atoms with Crippen molar-refractivity contribution in [3.63, 3.8) is 0 Å². The lowest BCUT2D eigenvalue weighted by molar-refractivity contribution is 0.262. The molecule has 0 fully saturated rings. The Morgan fingerprint density at radius 1 is 1.30 bits per heavy atom. The number of aliphatic hydroxyl groups is 1. The molecule has 1 atom stereocenters. The summed E-state index contributed by atoms with van der Waals surface area (Å²) in [5.41, 5.74) is 0.725. The Bertz CT molecular complexity index is 207. The van der Waals surface area contributed by atoms with E-state index in [-0.39, 0.29) is 0 Å². The third-order valence-electron chi connectivity index (χ3n) is 1.21. The molecule has 0 saturated heterocycles. The minimum absolute atomic E-state index is 0.725. The predicted octanol–water partition coefficient (Wildman–Crippen LogP) is 1.61. The van der Waals surface area contributed by atoms with Crippen molar-refractivity contribution in [1.29, 1.82) is 0 Å². The Morgan fingerprint density at radius 3 is 2.20 bits per heavy atom. The van der Waals surface area contributed by atoms with Crippen LogP contribution in [-0.4, -0.2) is 13.0 Å². The highest BCUT2D eigenvalue weighted by Crippen LogP contribution is 2.14. The van der Waals surface area contributed by atoms with Gasteiger partial charge in [0.25, 0.3) is 0 Å². The van der Waals surface area contributed by atoms with Gasteiger partial charge in [0.2, 0.25) is 0 Å². The van der Waals surface area contributed by atoms with E-state index in [0.29, 0.717) is 0 Å². The summed E-state index contributed by atoms with van der Waals surface area (Å²) in [6.07, 6.45) is 0. The van der Waals surface area contributed by atoms with E-state index in [9.17, 15) is 0 Å². The highest BCUT2D eigenvalue weighted by molar-refractivity contribution is 9.10. The summed E-state index contributed by atoms with van der Waals surface area (Å²) in [4.78, 5) is 0. The Morgan fingerprint density at radius 2 is 1.80 bits per heavy atom. The van der Waals surface area contributed by atoms with E-state index in [4.69, 9.17) is 13.0 Å². The maximum Gasteiger partial charge on any atom is 0.115 e. The van der Waals surface area contributed by atoms with E-state index in [1.165, 1.54) is 0 Å². The molecule has 1 aromatic rings. The Balaban J connectivity index is 2.89. The third-order valence-corrected chi connectivity index (χ3v) is 1.74. The van der Waals surface area contributed by atoms with Gasteiger partial charge in [0.15, 0.2) is 0 Å². The average Bonchev–Trinajstić information content (AvgIpc) is 1.88. The lowest BCUT2D eigenvalue weighted by Gasteiger charge is -2.02. The van der Waals surface area contributed by atoms with Crippen LogP contribution in [0.4, 0.5) is 0 Å². The summed E-state index contributed by atoms with van der Waals surface area (Å²) in [6, 6.07) is 6.36. The van der Waals surface area contributed by atoms with Gasteiger partial charge in [-0.1, -0.05) is 28.1 Å². The van der Waals surface area contributed by atoms with Crippen LogP contribution in [0.5, 0.6) is 0 Å². The van der Waals surface area contributed by atoms with Crippen LogP contribution in [0.15, 0.2) is 28.7 Å². The number of hydrogen-bond acceptors (Lipinski definition) is 1. The molecule has 0 aromatic heterocycles. The second-order valence-electron chi connectivity index (χ2n) is 2.00. The molecule has 2 radical (unpaired) electrons. The van der Waals surface area contributed by atoms with Gasteiger partial charge in [0, 0.05) is 10.5 Å². The molecule has 0 saturated carbocycles. The van der Waals surface area contributed by atoms with Crippen LogP contribution >= 0.6 is 15.9 Å². The van der Waals surface area contributed by atoms with Crippen molar-refractivity contribution in [3.8, 4) is 0 Å². The molecule has 0 aliphatic carbocycles. The van der Waals surface area contributed by atoms with Crippen LogP contribution in [0, 0.1) is 0 Å². The van der Waals surface area contributed by atoms with Crippen LogP contribution in [0.2, 0.25) is 0 Å². The molecule has 50 valence electrons. The van der Waals surface area contributed by atoms with Crippen LogP contribution in [0.1, 0.15) is 11.6 Å². The van der Waals surface area contributed by atoms with Gasteiger partial charge in [-0.3, -0.25) is 0 Å². The molecule has 1 nitrogen and oxygen atoms in total. The highest BCUT2D eigenvalue weighted by Gasteiger charge is 1.97. The van der Waals surface area contributed by atoms with Gasteiger partial charge in [-0.25, -0.2) is 0 Å². The second kappa shape index (κ2) is 3.22. The first-order valence-electron chi connectivity index (χ1n) is 2.89. The van der Waals surface area contributed by atoms with Gasteiger partial charge in [0.1, 0.15) is 7.85 Å². The first kappa shape index (κ1) is 7.83. The molecule has 3 heteroatoms. The van der Waals surface area contributed by atoms with Gasteiger partial charge < -0.3 is 5.11 Å². The molecule has 0 aliphatic heterocycles. The molecular formula is C7H6BBrO. The van der Waals surface area contributed by atoms with Crippen molar-refractivity contribution in [2.45, 2.75) is 6.00 Å². The van der Waals surface area contributed by atoms with E-state index < -0.39 is 6.00 Å². The molecule has 1 aromatic carbocycles. The second-order valence-corrected chi connectivity index (χ2v) is 2.91. The lowest BCUT2D eigenvalue weighted by atomic mass is 9.93. The summed E-state index contributed by atoms with van der Waals surface area (Å²) in [6.45, 7) is 0. The maximum absolute atomic E-state index is 8.88. The summed E-state index contributed by atoms with van der Waals surface area (Å²) >= 11 is 3.27.